The van der Waals surface area contributed by atoms with E-state index in [4.69, 9.17) is 5.73 Å². The summed E-state index contributed by atoms with van der Waals surface area (Å²) in [5, 5.41) is 0. The highest BCUT2D eigenvalue weighted by Gasteiger charge is 2.44. The van der Waals surface area contributed by atoms with Crippen molar-refractivity contribution in [1.82, 2.24) is 4.90 Å². The summed E-state index contributed by atoms with van der Waals surface area (Å²) in [5.41, 5.74) is 6.35. The molecule has 1 saturated carbocycles. The van der Waals surface area contributed by atoms with Crippen LogP contribution in [0.4, 0.5) is 0 Å². The Morgan fingerprint density at radius 2 is 1.85 bits per heavy atom. The maximum atomic E-state index is 5.92. The molecule has 2 N–H and O–H groups in total. The van der Waals surface area contributed by atoms with Crippen LogP contribution in [0.25, 0.3) is 0 Å². The largest absolute Gasteiger partial charge is 0.330 e. The molecule has 0 heterocycles. The molecule has 0 aromatic rings. The Morgan fingerprint density at radius 1 is 1.31 bits per heavy atom. The second-order valence-corrected chi connectivity index (χ2v) is 5.07. The lowest BCUT2D eigenvalue weighted by atomic mass is 9.61. The van der Waals surface area contributed by atoms with Gasteiger partial charge in [-0.05, 0) is 44.8 Å². The fraction of sp³-hybridized carbons (Fsp3) is 1.00. The quantitative estimate of drug-likeness (QED) is 0.720. The molecule has 0 aliphatic heterocycles. The van der Waals surface area contributed by atoms with Crippen molar-refractivity contribution in [3.05, 3.63) is 0 Å². The average Bonchev–Trinajstić information content (AvgIpc) is 1.94. The minimum atomic E-state index is 0.428. The first-order chi connectivity index (χ1) is 6.03. The summed E-state index contributed by atoms with van der Waals surface area (Å²) < 4.78 is 0. The molecule has 13 heavy (non-hydrogen) atoms. The van der Waals surface area contributed by atoms with Crippen LogP contribution in [0.2, 0.25) is 0 Å². The summed E-state index contributed by atoms with van der Waals surface area (Å²) in [6, 6.07) is 0.659. The fourth-order valence-electron chi connectivity index (χ4n) is 3.10. The summed E-state index contributed by atoms with van der Waals surface area (Å²) >= 11 is 0. The van der Waals surface area contributed by atoms with E-state index < -0.39 is 0 Å². The first kappa shape index (κ1) is 11.0. The Morgan fingerprint density at radius 3 is 1.92 bits per heavy atom. The standard InChI is InChI=1S/C11H24N2/c1-9(2)10(13(3)4)11(8-12)6-5-7-11/h9-10H,5-8,12H2,1-4H3. The molecule has 1 fully saturated rings. The molecule has 0 aromatic carbocycles. The first-order valence-corrected chi connectivity index (χ1v) is 5.40. The van der Waals surface area contributed by atoms with E-state index in [0.717, 1.165) is 6.54 Å². The van der Waals surface area contributed by atoms with Crippen LogP contribution < -0.4 is 5.73 Å². The van der Waals surface area contributed by atoms with Crippen molar-refractivity contribution < 1.29 is 0 Å². The second-order valence-electron chi connectivity index (χ2n) is 5.07. The van der Waals surface area contributed by atoms with E-state index in [1.807, 2.05) is 0 Å². The van der Waals surface area contributed by atoms with Crippen molar-refractivity contribution in [3.8, 4) is 0 Å². The topological polar surface area (TPSA) is 29.3 Å². The van der Waals surface area contributed by atoms with Gasteiger partial charge < -0.3 is 10.6 Å². The van der Waals surface area contributed by atoms with Gasteiger partial charge in [0, 0.05) is 6.04 Å². The molecule has 1 aliphatic rings. The third-order valence-corrected chi connectivity index (χ3v) is 3.57. The molecule has 0 saturated heterocycles. The molecular formula is C11H24N2. The van der Waals surface area contributed by atoms with Crippen molar-refractivity contribution >= 4 is 0 Å². The Bertz CT molecular complexity index is 146. The van der Waals surface area contributed by atoms with Gasteiger partial charge in [0.05, 0.1) is 0 Å². The molecule has 0 amide bonds. The van der Waals surface area contributed by atoms with Crippen LogP contribution >= 0.6 is 0 Å². The lowest BCUT2D eigenvalue weighted by molar-refractivity contribution is 0.00331. The summed E-state index contributed by atoms with van der Waals surface area (Å²) in [6.45, 7) is 5.47. The molecule has 0 radical (unpaired) electrons. The molecular weight excluding hydrogens is 160 g/mol. The third-order valence-electron chi connectivity index (χ3n) is 3.57. The molecule has 0 aromatic heterocycles. The molecule has 1 aliphatic carbocycles. The van der Waals surface area contributed by atoms with E-state index in [2.05, 4.69) is 32.8 Å². The van der Waals surface area contributed by atoms with Crippen LogP contribution in [-0.4, -0.2) is 31.6 Å². The second kappa shape index (κ2) is 3.97. The lowest BCUT2D eigenvalue weighted by Gasteiger charge is -2.51. The van der Waals surface area contributed by atoms with Gasteiger partial charge in [0.25, 0.3) is 0 Å². The van der Waals surface area contributed by atoms with Crippen LogP contribution in [0, 0.1) is 11.3 Å². The summed E-state index contributed by atoms with van der Waals surface area (Å²) in [4.78, 5) is 2.36. The predicted molar refractivity (Wildman–Crippen MR) is 57.7 cm³/mol. The number of hydrogen-bond donors (Lipinski definition) is 1. The highest BCUT2D eigenvalue weighted by atomic mass is 15.1. The van der Waals surface area contributed by atoms with Gasteiger partial charge in [-0.1, -0.05) is 20.3 Å². The molecule has 1 rings (SSSR count). The Labute approximate surface area is 82.5 Å². The van der Waals surface area contributed by atoms with E-state index in [0.29, 0.717) is 17.4 Å². The molecule has 1 unspecified atom stereocenters. The maximum Gasteiger partial charge on any atom is 0.0181 e. The predicted octanol–water partition coefficient (Wildman–Crippen LogP) is 1.70. The average molecular weight is 184 g/mol. The van der Waals surface area contributed by atoms with Crippen LogP contribution in [0.3, 0.4) is 0 Å². The summed E-state index contributed by atoms with van der Waals surface area (Å²) in [5.74, 6) is 0.707. The zero-order chi connectivity index (χ0) is 10.1. The van der Waals surface area contributed by atoms with Crippen LogP contribution in [0.5, 0.6) is 0 Å². The number of nitrogens with zero attached hydrogens (tertiary/aromatic N) is 1. The van der Waals surface area contributed by atoms with Gasteiger partial charge >= 0.3 is 0 Å². The maximum absolute atomic E-state index is 5.92. The van der Waals surface area contributed by atoms with Gasteiger partial charge in [-0.3, -0.25) is 0 Å². The Balaban J connectivity index is 2.73. The van der Waals surface area contributed by atoms with Gasteiger partial charge in [0.1, 0.15) is 0 Å². The van der Waals surface area contributed by atoms with Crippen molar-refractivity contribution in [2.45, 2.75) is 39.2 Å². The zero-order valence-electron chi connectivity index (χ0n) is 9.51. The Kier molecular flexibility index (Phi) is 3.36. The number of nitrogens with two attached hydrogens (primary N) is 1. The van der Waals surface area contributed by atoms with Crippen LogP contribution in [-0.2, 0) is 0 Å². The minimum absolute atomic E-state index is 0.428. The van der Waals surface area contributed by atoms with Crippen molar-refractivity contribution in [1.29, 1.82) is 0 Å². The number of rotatable bonds is 4. The van der Waals surface area contributed by atoms with E-state index in [1.54, 1.807) is 0 Å². The zero-order valence-corrected chi connectivity index (χ0v) is 9.51. The highest BCUT2D eigenvalue weighted by Crippen LogP contribution is 2.46. The van der Waals surface area contributed by atoms with Crippen LogP contribution in [0.1, 0.15) is 33.1 Å². The van der Waals surface area contributed by atoms with Gasteiger partial charge in [0.2, 0.25) is 0 Å². The van der Waals surface area contributed by atoms with E-state index >= 15 is 0 Å². The highest BCUT2D eigenvalue weighted by molar-refractivity contribution is 4.99. The van der Waals surface area contributed by atoms with Gasteiger partial charge in [-0.2, -0.15) is 0 Å². The fourth-order valence-corrected chi connectivity index (χ4v) is 3.10. The van der Waals surface area contributed by atoms with Gasteiger partial charge in [-0.25, -0.2) is 0 Å². The van der Waals surface area contributed by atoms with Crippen molar-refractivity contribution in [3.63, 3.8) is 0 Å². The molecule has 0 spiro atoms. The normalized spacial score (nSPS) is 23.3. The summed E-state index contributed by atoms with van der Waals surface area (Å²) in [6.07, 6.45) is 4.02. The van der Waals surface area contributed by atoms with E-state index in [1.165, 1.54) is 19.3 Å². The number of hydrogen-bond acceptors (Lipinski definition) is 2. The third kappa shape index (κ3) is 1.89. The molecule has 78 valence electrons. The first-order valence-electron chi connectivity index (χ1n) is 5.40. The molecule has 0 bridgehead atoms. The lowest BCUT2D eigenvalue weighted by Crippen LogP contribution is -2.55. The Hall–Kier alpha value is -0.0800. The minimum Gasteiger partial charge on any atom is -0.330 e. The molecule has 2 heteroatoms. The summed E-state index contributed by atoms with van der Waals surface area (Å²) in [7, 11) is 4.36. The smallest absolute Gasteiger partial charge is 0.0181 e. The van der Waals surface area contributed by atoms with E-state index in [-0.39, 0.29) is 0 Å². The van der Waals surface area contributed by atoms with E-state index in [9.17, 15) is 0 Å². The molecule has 1 atom stereocenters. The van der Waals surface area contributed by atoms with Gasteiger partial charge in [0.15, 0.2) is 0 Å². The van der Waals surface area contributed by atoms with Crippen LogP contribution in [0.15, 0.2) is 0 Å². The monoisotopic (exact) mass is 184 g/mol. The van der Waals surface area contributed by atoms with Crippen molar-refractivity contribution in [2.24, 2.45) is 17.1 Å². The molecule has 2 nitrogen and oxygen atoms in total. The van der Waals surface area contributed by atoms with Crippen molar-refractivity contribution in [2.75, 3.05) is 20.6 Å². The van der Waals surface area contributed by atoms with Gasteiger partial charge in [-0.15, -0.1) is 0 Å². The SMILES string of the molecule is CC(C)C(N(C)C)C1(CN)CCC1.